The highest BCUT2D eigenvalue weighted by Crippen LogP contribution is 2.25. The number of hydrogen-bond donors (Lipinski definition) is 3. The van der Waals surface area contributed by atoms with Gasteiger partial charge in [0.2, 0.25) is 0 Å². The normalized spacial score (nSPS) is 10.7. The molecule has 3 N–H and O–H groups in total. The van der Waals surface area contributed by atoms with Crippen molar-refractivity contribution >= 4 is 17.4 Å². The molecule has 0 amide bonds. The van der Waals surface area contributed by atoms with Crippen molar-refractivity contribution in [3.8, 4) is 0 Å². The van der Waals surface area contributed by atoms with Gasteiger partial charge in [0, 0.05) is 18.9 Å². The van der Waals surface area contributed by atoms with Gasteiger partial charge in [0.15, 0.2) is 6.29 Å². The van der Waals surface area contributed by atoms with E-state index >= 15 is 0 Å². The van der Waals surface area contributed by atoms with Crippen LogP contribution in [0.1, 0.15) is 17.5 Å². The minimum Gasteiger partial charge on any atom is -0.368 e. The summed E-state index contributed by atoms with van der Waals surface area (Å²) in [6, 6.07) is 3.85. The maximum atomic E-state index is 9.08. The first-order valence-corrected chi connectivity index (χ1v) is 6.05. The lowest BCUT2D eigenvalue weighted by Gasteiger charge is -2.10. The second-order valence-electron chi connectivity index (χ2n) is 3.83. The summed E-state index contributed by atoms with van der Waals surface area (Å²) in [5.41, 5.74) is 1.12. The number of aliphatic hydroxyl groups is 2. The molecule has 0 spiro atoms. The maximum Gasteiger partial charge on any atom is 0.197 e. The van der Waals surface area contributed by atoms with Crippen LogP contribution in [0.2, 0.25) is 5.02 Å². The molecular formula is C12H13ClN4O2. The highest BCUT2D eigenvalue weighted by atomic mass is 35.5. The van der Waals surface area contributed by atoms with Gasteiger partial charge < -0.3 is 15.5 Å². The molecule has 100 valence electrons. The molecule has 0 aliphatic carbocycles. The summed E-state index contributed by atoms with van der Waals surface area (Å²) in [5.74, 6) is 0.383. The standard InChI is InChI=1S/C12H13ClN4O2/c13-9-10(12(18)19)16-7-17-11(9)15-6-3-8-1-4-14-5-2-8/h1-2,4-5,7,12,18-19H,3,6H2,(H,15,16,17). The van der Waals surface area contributed by atoms with Crippen molar-refractivity contribution in [1.29, 1.82) is 0 Å². The van der Waals surface area contributed by atoms with Crippen LogP contribution >= 0.6 is 11.6 Å². The molecule has 6 nitrogen and oxygen atoms in total. The molecule has 0 fully saturated rings. The number of aliphatic hydroxyl groups excluding tert-OH is 1. The van der Waals surface area contributed by atoms with E-state index in [1.54, 1.807) is 12.4 Å². The van der Waals surface area contributed by atoms with Crippen molar-refractivity contribution in [2.24, 2.45) is 0 Å². The summed E-state index contributed by atoms with van der Waals surface area (Å²) in [6.45, 7) is 0.613. The second-order valence-corrected chi connectivity index (χ2v) is 4.21. The molecule has 0 atom stereocenters. The van der Waals surface area contributed by atoms with Crippen LogP contribution in [-0.4, -0.2) is 31.7 Å². The van der Waals surface area contributed by atoms with Crippen molar-refractivity contribution in [1.82, 2.24) is 15.0 Å². The van der Waals surface area contributed by atoms with Crippen LogP contribution in [0.5, 0.6) is 0 Å². The highest BCUT2D eigenvalue weighted by Gasteiger charge is 2.14. The van der Waals surface area contributed by atoms with Crippen LogP contribution in [0, 0.1) is 0 Å². The monoisotopic (exact) mass is 280 g/mol. The molecule has 0 saturated heterocycles. The van der Waals surface area contributed by atoms with Crippen molar-refractivity contribution in [3.63, 3.8) is 0 Å². The quantitative estimate of drug-likeness (QED) is 0.712. The van der Waals surface area contributed by atoms with E-state index in [1.807, 2.05) is 12.1 Å². The molecule has 2 aromatic rings. The zero-order chi connectivity index (χ0) is 13.7. The lowest BCUT2D eigenvalue weighted by atomic mass is 10.2. The van der Waals surface area contributed by atoms with Crippen molar-refractivity contribution in [2.45, 2.75) is 12.7 Å². The zero-order valence-corrected chi connectivity index (χ0v) is 10.7. The van der Waals surface area contributed by atoms with E-state index in [4.69, 9.17) is 21.8 Å². The molecule has 0 saturated carbocycles. The molecule has 2 heterocycles. The molecule has 19 heavy (non-hydrogen) atoms. The van der Waals surface area contributed by atoms with E-state index in [1.165, 1.54) is 6.33 Å². The minimum absolute atomic E-state index is 0.0110. The Kier molecular flexibility index (Phi) is 4.62. The number of hydrogen-bond acceptors (Lipinski definition) is 6. The molecule has 0 aliphatic heterocycles. The molecule has 0 unspecified atom stereocenters. The fraction of sp³-hybridized carbons (Fsp3) is 0.250. The first-order chi connectivity index (χ1) is 9.18. The van der Waals surface area contributed by atoms with Crippen LogP contribution in [0.3, 0.4) is 0 Å². The molecule has 2 aromatic heterocycles. The Balaban J connectivity index is 1.98. The predicted molar refractivity (Wildman–Crippen MR) is 70.7 cm³/mol. The number of pyridine rings is 1. The van der Waals surface area contributed by atoms with E-state index in [-0.39, 0.29) is 10.7 Å². The van der Waals surface area contributed by atoms with Crippen LogP contribution in [0.4, 0.5) is 5.82 Å². The van der Waals surface area contributed by atoms with Gasteiger partial charge in [-0.15, -0.1) is 0 Å². The number of aromatic nitrogens is 3. The Hall–Kier alpha value is -1.76. The van der Waals surface area contributed by atoms with Crippen LogP contribution in [0.25, 0.3) is 0 Å². The smallest absolute Gasteiger partial charge is 0.197 e. The summed E-state index contributed by atoms with van der Waals surface area (Å²) >= 11 is 5.97. The number of nitrogens with one attached hydrogen (secondary N) is 1. The van der Waals surface area contributed by atoms with Crippen molar-refractivity contribution in [2.75, 3.05) is 11.9 Å². The largest absolute Gasteiger partial charge is 0.368 e. The van der Waals surface area contributed by atoms with Crippen LogP contribution in [0.15, 0.2) is 30.9 Å². The Labute approximate surface area is 115 Å². The van der Waals surface area contributed by atoms with Gasteiger partial charge in [-0.3, -0.25) is 4.98 Å². The fourth-order valence-electron chi connectivity index (χ4n) is 1.56. The second kappa shape index (κ2) is 6.42. The number of halogens is 1. The Morgan fingerprint density at radius 3 is 2.63 bits per heavy atom. The average Bonchev–Trinajstić information content (AvgIpc) is 2.41. The van der Waals surface area contributed by atoms with E-state index in [0.717, 1.165) is 12.0 Å². The Morgan fingerprint density at radius 2 is 1.95 bits per heavy atom. The molecule has 0 bridgehead atoms. The van der Waals surface area contributed by atoms with E-state index < -0.39 is 6.29 Å². The predicted octanol–water partition coefficient (Wildman–Crippen LogP) is 1.16. The van der Waals surface area contributed by atoms with Gasteiger partial charge in [0.25, 0.3) is 0 Å². The number of nitrogens with zero attached hydrogens (tertiary/aromatic N) is 3. The lowest BCUT2D eigenvalue weighted by Crippen LogP contribution is -2.09. The van der Waals surface area contributed by atoms with Crippen LogP contribution < -0.4 is 5.32 Å². The first kappa shape index (κ1) is 13.7. The zero-order valence-electron chi connectivity index (χ0n) is 9.99. The Bertz CT molecular complexity index is 537. The Morgan fingerprint density at radius 1 is 1.21 bits per heavy atom. The molecule has 0 aliphatic rings. The summed E-state index contributed by atoms with van der Waals surface area (Å²) in [4.78, 5) is 11.6. The molecule has 0 aromatic carbocycles. The molecule has 2 rings (SSSR count). The highest BCUT2D eigenvalue weighted by molar-refractivity contribution is 6.33. The average molecular weight is 281 g/mol. The summed E-state index contributed by atoms with van der Waals surface area (Å²) in [5, 5.41) is 21.3. The topological polar surface area (TPSA) is 91.2 Å². The lowest BCUT2D eigenvalue weighted by molar-refractivity contribution is -0.0457. The minimum atomic E-state index is -1.71. The summed E-state index contributed by atoms with van der Waals surface area (Å²) in [7, 11) is 0. The number of rotatable bonds is 5. The molecule has 0 radical (unpaired) electrons. The third-order valence-electron chi connectivity index (χ3n) is 2.52. The SMILES string of the molecule is OC(O)c1ncnc(NCCc2ccncc2)c1Cl. The third-order valence-corrected chi connectivity index (χ3v) is 2.89. The summed E-state index contributed by atoms with van der Waals surface area (Å²) in [6.07, 6.45) is 3.76. The van der Waals surface area contributed by atoms with E-state index in [9.17, 15) is 0 Å². The van der Waals surface area contributed by atoms with Crippen molar-refractivity contribution < 1.29 is 10.2 Å². The van der Waals surface area contributed by atoms with Crippen LogP contribution in [-0.2, 0) is 6.42 Å². The maximum absolute atomic E-state index is 9.08. The van der Waals surface area contributed by atoms with Gasteiger partial charge in [0.1, 0.15) is 22.9 Å². The third kappa shape index (κ3) is 3.60. The fourth-order valence-corrected chi connectivity index (χ4v) is 1.82. The van der Waals surface area contributed by atoms with E-state index in [0.29, 0.717) is 12.4 Å². The number of anilines is 1. The van der Waals surface area contributed by atoms with Gasteiger partial charge in [0.05, 0.1) is 0 Å². The van der Waals surface area contributed by atoms with Gasteiger partial charge in [-0.2, -0.15) is 0 Å². The van der Waals surface area contributed by atoms with Crippen molar-refractivity contribution in [3.05, 3.63) is 47.1 Å². The van der Waals surface area contributed by atoms with Gasteiger partial charge in [-0.25, -0.2) is 9.97 Å². The van der Waals surface area contributed by atoms with Gasteiger partial charge >= 0.3 is 0 Å². The first-order valence-electron chi connectivity index (χ1n) is 5.68. The van der Waals surface area contributed by atoms with E-state index in [2.05, 4.69) is 20.3 Å². The molecular weight excluding hydrogens is 268 g/mol. The van der Waals surface area contributed by atoms with Gasteiger partial charge in [-0.05, 0) is 24.1 Å². The molecule has 7 heteroatoms. The summed E-state index contributed by atoms with van der Waals surface area (Å²) < 4.78 is 0. The van der Waals surface area contributed by atoms with Gasteiger partial charge in [-0.1, -0.05) is 11.6 Å².